The van der Waals surface area contributed by atoms with Crippen LogP contribution in [-0.4, -0.2) is 24.4 Å². The van der Waals surface area contributed by atoms with Crippen molar-refractivity contribution in [2.24, 2.45) is 11.7 Å². The van der Waals surface area contributed by atoms with Crippen molar-refractivity contribution in [1.29, 1.82) is 0 Å². The van der Waals surface area contributed by atoms with Crippen LogP contribution in [0.25, 0.3) is 10.8 Å². The van der Waals surface area contributed by atoms with Gasteiger partial charge in [0, 0.05) is 0 Å². The van der Waals surface area contributed by atoms with Gasteiger partial charge in [-0.25, -0.2) is 0 Å². The van der Waals surface area contributed by atoms with Crippen LogP contribution in [0.4, 0.5) is 0 Å². The first-order valence-corrected chi connectivity index (χ1v) is 10.3. The van der Waals surface area contributed by atoms with Crippen molar-refractivity contribution in [3.05, 3.63) is 77.9 Å². The van der Waals surface area contributed by atoms with Gasteiger partial charge in [0.15, 0.2) is 0 Å². The number of aliphatic hydroxyl groups is 1. The minimum absolute atomic E-state index is 0.0857. The van der Waals surface area contributed by atoms with Gasteiger partial charge in [0.25, 0.3) is 0 Å². The third kappa shape index (κ3) is 4.78. The lowest BCUT2D eigenvalue weighted by Gasteiger charge is -2.35. The zero-order valence-electron chi connectivity index (χ0n) is 16.9. The predicted octanol–water partition coefficient (Wildman–Crippen LogP) is 4.38. The highest BCUT2D eigenvalue weighted by Gasteiger charge is 2.31. The maximum Gasteiger partial charge on any atom is 0.120 e. The minimum Gasteiger partial charge on any atom is -0.490 e. The number of aliphatic hydroxyl groups excluding tert-OH is 1. The molecule has 1 fully saturated rings. The summed E-state index contributed by atoms with van der Waals surface area (Å²) in [5.41, 5.74) is 7.56. The van der Waals surface area contributed by atoms with E-state index in [2.05, 4.69) is 24.3 Å². The smallest absolute Gasteiger partial charge is 0.120 e. The van der Waals surface area contributed by atoms with Gasteiger partial charge in [-0.1, -0.05) is 48.5 Å². The molecule has 0 spiro atoms. The highest BCUT2D eigenvalue weighted by Crippen LogP contribution is 2.33. The van der Waals surface area contributed by atoms with E-state index in [0.717, 1.165) is 41.5 Å². The maximum atomic E-state index is 9.48. The average Bonchev–Trinajstić information content (AvgIpc) is 2.72. The number of nitrogens with two attached hydrogens (primary N) is 1. The Morgan fingerprint density at radius 1 is 1.00 bits per heavy atom. The van der Waals surface area contributed by atoms with Crippen LogP contribution < -0.4 is 10.5 Å². The summed E-state index contributed by atoms with van der Waals surface area (Å²) in [4.78, 5) is 0. The van der Waals surface area contributed by atoms with Crippen molar-refractivity contribution in [2.75, 3.05) is 13.2 Å². The largest absolute Gasteiger partial charge is 0.490 e. The first-order valence-electron chi connectivity index (χ1n) is 10.3. The molecule has 0 heterocycles. The number of ether oxygens (including phenoxy) is 2. The molecule has 4 nitrogen and oxygen atoms in total. The molecule has 1 aliphatic carbocycles. The third-order valence-corrected chi connectivity index (χ3v) is 5.76. The van der Waals surface area contributed by atoms with Crippen molar-refractivity contribution in [1.82, 2.24) is 0 Å². The number of fused-ring (bicyclic) bond motifs is 1. The molecule has 3 N–H and O–H groups in total. The van der Waals surface area contributed by atoms with E-state index in [1.54, 1.807) is 0 Å². The number of benzene rings is 3. The summed E-state index contributed by atoms with van der Waals surface area (Å²) < 4.78 is 12.0. The van der Waals surface area contributed by atoms with E-state index in [0.29, 0.717) is 12.5 Å². The molecule has 1 aliphatic rings. The molecule has 3 aromatic rings. The van der Waals surface area contributed by atoms with E-state index in [-0.39, 0.29) is 12.7 Å². The molecule has 1 saturated carbocycles. The fourth-order valence-electron chi connectivity index (χ4n) is 3.76. The Bertz CT molecular complexity index is 949. The lowest BCUT2D eigenvalue weighted by Crippen LogP contribution is -2.36. The predicted molar refractivity (Wildman–Crippen MR) is 116 cm³/mol. The summed E-state index contributed by atoms with van der Waals surface area (Å²) in [7, 11) is 0. The van der Waals surface area contributed by atoms with Crippen molar-refractivity contribution < 1.29 is 14.6 Å². The topological polar surface area (TPSA) is 64.7 Å². The first-order chi connectivity index (χ1) is 14.0. The third-order valence-electron chi connectivity index (χ3n) is 5.76. The van der Waals surface area contributed by atoms with Crippen LogP contribution in [0.3, 0.4) is 0 Å². The Kier molecular flexibility index (Phi) is 5.86. The molecular weight excluding hydrogens is 362 g/mol. The quantitative estimate of drug-likeness (QED) is 0.598. The second-order valence-electron chi connectivity index (χ2n) is 8.38. The average molecular weight is 392 g/mol. The fraction of sp³-hybridized carbons (Fsp3) is 0.360. The maximum absolute atomic E-state index is 9.48. The minimum atomic E-state index is -0.729. The molecule has 3 aromatic carbocycles. The standard InChI is InChI=1S/C25H29NO3/c1-25(26,17-27)22-9-7-21-14-23(10-8-20(21)13-22)29-24-11-19(12-24)16-28-15-18-5-3-2-4-6-18/h2-10,13-14,19,24,27H,11-12,15-17,26H2,1H3/t19-,24+,25-/m0/s1. The SMILES string of the molecule is C[C@](N)(CO)c1ccc2cc(O[C@H]3C[C@@H](COCc4ccccc4)C3)ccc2c1. The second-order valence-corrected chi connectivity index (χ2v) is 8.38. The summed E-state index contributed by atoms with van der Waals surface area (Å²) in [5, 5.41) is 11.7. The van der Waals surface area contributed by atoms with Gasteiger partial charge in [-0.05, 0) is 65.8 Å². The molecule has 0 unspecified atom stereocenters. The van der Waals surface area contributed by atoms with Crippen molar-refractivity contribution >= 4 is 10.8 Å². The normalized spacial score (nSPS) is 20.8. The van der Waals surface area contributed by atoms with Crippen molar-refractivity contribution in [3.63, 3.8) is 0 Å². The molecule has 152 valence electrons. The fourth-order valence-corrected chi connectivity index (χ4v) is 3.76. The van der Waals surface area contributed by atoms with Gasteiger partial charge < -0.3 is 20.3 Å². The van der Waals surface area contributed by atoms with E-state index in [9.17, 15) is 5.11 Å². The van der Waals surface area contributed by atoms with Gasteiger partial charge in [-0.15, -0.1) is 0 Å². The van der Waals surface area contributed by atoms with E-state index >= 15 is 0 Å². The summed E-state index contributed by atoms with van der Waals surface area (Å²) in [5.74, 6) is 1.48. The van der Waals surface area contributed by atoms with Crippen molar-refractivity contribution in [2.45, 2.75) is 38.0 Å². The molecule has 0 radical (unpaired) electrons. The van der Waals surface area contributed by atoms with E-state index in [1.165, 1.54) is 5.56 Å². The van der Waals surface area contributed by atoms with Crippen LogP contribution >= 0.6 is 0 Å². The molecule has 29 heavy (non-hydrogen) atoms. The number of hydrogen-bond acceptors (Lipinski definition) is 4. The molecule has 0 saturated heterocycles. The summed E-state index contributed by atoms with van der Waals surface area (Å²) >= 11 is 0. The van der Waals surface area contributed by atoms with Crippen LogP contribution in [-0.2, 0) is 16.9 Å². The zero-order chi connectivity index (χ0) is 20.3. The monoisotopic (exact) mass is 391 g/mol. The van der Waals surface area contributed by atoms with Crippen molar-refractivity contribution in [3.8, 4) is 5.75 Å². The summed E-state index contributed by atoms with van der Waals surface area (Å²) in [6, 6.07) is 22.5. The molecule has 1 atom stereocenters. The summed E-state index contributed by atoms with van der Waals surface area (Å²) in [6.45, 7) is 3.21. The molecule has 0 amide bonds. The Morgan fingerprint density at radius 2 is 1.72 bits per heavy atom. The van der Waals surface area contributed by atoms with Gasteiger partial charge in [0.05, 0.1) is 31.5 Å². The van der Waals surface area contributed by atoms with Crippen LogP contribution in [0.5, 0.6) is 5.75 Å². The van der Waals surface area contributed by atoms with E-state index in [1.807, 2.05) is 49.4 Å². The van der Waals surface area contributed by atoms with Gasteiger partial charge in [-0.3, -0.25) is 0 Å². The lowest BCUT2D eigenvalue weighted by molar-refractivity contribution is -0.00245. The highest BCUT2D eigenvalue weighted by atomic mass is 16.5. The van der Waals surface area contributed by atoms with Crippen LogP contribution in [0.2, 0.25) is 0 Å². The van der Waals surface area contributed by atoms with Crippen LogP contribution in [0.1, 0.15) is 30.9 Å². The molecule has 4 rings (SSSR count). The summed E-state index contributed by atoms with van der Waals surface area (Å²) in [6.07, 6.45) is 2.33. The molecule has 0 bridgehead atoms. The van der Waals surface area contributed by atoms with Gasteiger partial charge in [0.2, 0.25) is 0 Å². The second kappa shape index (κ2) is 8.54. The van der Waals surface area contributed by atoms with E-state index < -0.39 is 5.54 Å². The molecule has 4 heteroatoms. The highest BCUT2D eigenvalue weighted by molar-refractivity contribution is 5.84. The Hall–Kier alpha value is -2.40. The van der Waals surface area contributed by atoms with Gasteiger partial charge in [0.1, 0.15) is 5.75 Å². The zero-order valence-corrected chi connectivity index (χ0v) is 16.9. The Balaban J connectivity index is 1.27. The Morgan fingerprint density at radius 3 is 2.48 bits per heavy atom. The van der Waals surface area contributed by atoms with Gasteiger partial charge in [-0.2, -0.15) is 0 Å². The molecule has 0 aromatic heterocycles. The lowest BCUT2D eigenvalue weighted by atomic mass is 9.83. The van der Waals surface area contributed by atoms with Crippen LogP contribution in [0, 0.1) is 5.92 Å². The number of hydrogen-bond donors (Lipinski definition) is 2. The molecule has 0 aliphatic heterocycles. The van der Waals surface area contributed by atoms with E-state index in [4.69, 9.17) is 15.2 Å². The molecular formula is C25H29NO3. The first kappa shape index (κ1) is 19.9. The van der Waals surface area contributed by atoms with Crippen LogP contribution in [0.15, 0.2) is 66.7 Å². The number of rotatable bonds is 8. The Labute approximate surface area is 172 Å². The van der Waals surface area contributed by atoms with Gasteiger partial charge >= 0.3 is 0 Å².